The minimum absolute atomic E-state index is 0.570. The van der Waals surface area contributed by atoms with Gasteiger partial charge in [0.25, 0.3) is 0 Å². The molecule has 0 aliphatic carbocycles. The maximum Gasteiger partial charge on any atom is 0.416 e. The Morgan fingerprint density at radius 3 is 2.40 bits per heavy atom. The Morgan fingerprint density at radius 1 is 0.933 bits per heavy atom. The van der Waals surface area contributed by atoms with Crippen molar-refractivity contribution in [2.24, 2.45) is 0 Å². The van der Waals surface area contributed by atoms with Gasteiger partial charge in [0.05, 0.1) is 11.3 Å². The van der Waals surface area contributed by atoms with Crippen molar-refractivity contribution in [3.8, 4) is 0 Å². The quantitative estimate of drug-likeness (QED) is 0.672. The van der Waals surface area contributed by atoms with Gasteiger partial charge in [0.1, 0.15) is 0 Å². The lowest BCUT2D eigenvalue weighted by Crippen LogP contribution is -2.45. The van der Waals surface area contributed by atoms with Crippen molar-refractivity contribution >= 4 is 17.4 Å². The molecule has 2 aromatic carbocycles. The van der Waals surface area contributed by atoms with Crippen molar-refractivity contribution < 1.29 is 13.2 Å². The minimum Gasteiger partial charge on any atom is -0.366 e. The van der Waals surface area contributed by atoms with E-state index < -0.39 is 11.7 Å². The SMILES string of the molecule is CN1CCN(CCCN2Cc3ccccc3CSc3ccc(C(F)(F)F)cc32)CC1. The predicted octanol–water partition coefficient (Wildman–Crippen LogP) is 4.96. The van der Waals surface area contributed by atoms with Crippen molar-refractivity contribution in [1.29, 1.82) is 0 Å². The first-order valence-corrected chi connectivity index (χ1v) is 11.5. The third kappa shape index (κ3) is 5.13. The van der Waals surface area contributed by atoms with E-state index in [-0.39, 0.29) is 0 Å². The number of halogens is 3. The summed E-state index contributed by atoms with van der Waals surface area (Å²) in [5, 5.41) is 0. The van der Waals surface area contributed by atoms with Crippen LogP contribution >= 0.6 is 11.8 Å². The van der Waals surface area contributed by atoms with Crippen molar-refractivity contribution in [3.63, 3.8) is 0 Å². The van der Waals surface area contributed by atoms with Gasteiger partial charge in [-0.2, -0.15) is 13.2 Å². The maximum atomic E-state index is 13.4. The van der Waals surface area contributed by atoms with E-state index in [0.29, 0.717) is 12.2 Å². The molecule has 1 saturated heterocycles. The van der Waals surface area contributed by atoms with Crippen LogP contribution in [0.15, 0.2) is 47.4 Å². The Labute approximate surface area is 180 Å². The van der Waals surface area contributed by atoms with Crippen LogP contribution in [0.5, 0.6) is 0 Å². The fraction of sp³-hybridized carbons (Fsp3) is 0.478. The van der Waals surface area contributed by atoms with Crippen molar-refractivity contribution in [2.75, 3.05) is 51.2 Å². The Morgan fingerprint density at radius 2 is 1.67 bits per heavy atom. The molecule has 0 N–H and O–H groups in total. The van der Waals surface area contributed by atoms with E-state index >= 15 is 0 Å². The number of hydrogen-bond acceptors (Lipinski definition) is 4. The Balaban J connectivity index is 1.55. The third-order valence-corrected chi connectivity index (χ3v) is 7.10. The lowest BCUT2D eigenvalue weighted by molar-refractivity contribution is -0.137. The molecule has 30 heavy (non-hydrogen) atoms. The van der Waals surface area contributed by atoms with E-state index in [1.807, 2.05) is 12.1 Å². The molecule has 7 heteroatoms. The standard InChI is InChI=1S/C23H28F3N3S/c1-27-11-13-28(14-12-27)9-4-10-29-16-18-5-2-3-6-19(18)17-30-22-8-7-20(15-21(22)29)23(24,25)26/h2-3,5-8,15H,4,9-14,16-17H2,1H3. The highest BCUT2D eigenvalue weighted by Crippen LogP contribution is 2.40. The van der Waals surface area contributed by atoms with Crippen molar-refractivity contribution in [3.05, 3.63) is 59.2 Å². The molecule has 2 heterocycles. The molecule has 3 nitrogen and oxygen atoms in total. The van der Waals surface area contributed by atoms with E-state index in [9.17, 15) is 13.2 Å². The minimum atomic E-state index is -4.33. The molecule has 162 valence electrons. The van der Waals surface area contributed by atoms with Gasteiger partial charge in [-0.1, -0.05) is 24.3 Å². The summed E-state index contributed by atoms with van der Waals surface area (Å²) >= 11 is 1.63. The van der Waals surface area contributed by atoms with Crippen LogP contribution in [0.2, 0.25) is 0 Å². The molecule has 0 amide bonds. The zero-order chi connectivity index (χ0) is 21.1. The smallest absolute Gasteiger partial charge is 0.366 e. The van der Waals surface area contributed by atoms with Crippen LogP contribution < -0.4 is 4.90 Å². The molecule has 4 rings (SSSR count). The van der Waals surface area contributed by atoms with E-state index in [0.717, 1.165) is 56.3 Å². The number of fused-ring (bicyclic) bond motifs is 2. The fourth-order valence-corrected chi connectivity index (χ4v) is 5.21. The van der Waals surface area contributed by atoms with E-state index in [2.05, 4.69) is 33.9 Å². The number of alkyl halides is 3. The van der Waals surface area contributed by atoms with Gasteiger partial charge in [0.2, 0.25) is 0 Å². The predicted molar refractivity (Wildman–Crippen MR) is 117 cm³/mol. The lowest BCUT2D eigenvalue weighted by Gasteiger charge is -2.34. The lowest BCUT2D eigenvalue weighted by atomic mass is 10.1. The summed E-state index contributed by atoms with van der Waals surface area (Å²) in [7, 11) is 2.14. The molecule has 0 unspecified atom stereocenters. The molecule has 0 saturated carbocycles. The van der Waals surface area contributed by atoms with Crippen LogP contribution in [-0.2, 0) is 18.5 Å². The number of rotatable bonds is 4. The number of piperazine rings is 1. The summed E-state index contributed by atoms with van der Waals surface area (Å²) in [6, 6.07) is 12.5. The second-order valence-electron chi connectivity index (χ2n) is 8.16. The Hall–Kier alpha value is -1.70. The maximum absolute atomic E-state index is 13.4. The van der Waals surface area contributed by atoms with Gasteiger partial charge in [-0.3, -0.25) is 0 Å². The summed E-state index contributed by atoms with van der Waals surface area (Å²) in [5.74, 6) is 0.781. The zero-order valence-corrected chi connectivity index (χ0v) is 18.1. The fourth-order valence-electron chi connectivity index (χ4n) is 4.12. The molecule has 0 bridgehead atoms. The number of anilines is 1. The molecular weight excluding hydrogens is 407 g/mol. The summed E-state index contributed by atoms with van der Waals surface area (Å²) in [6.07, 6.45) is -3.39. The monoisotopic (exact) mass is 435 g/mol. The average Bonchev–Trinajstić information content (AvgIpc) is 2.71. The molecule has 2 aromatic rings. The van der Waals surface area contributed by atoms with Gasteiger partial charge >= 0.3 is 6.18 Å². The molecule has 0 radical (unpaired) electrons. The van der Waals surface area contributed by atoms with Crippen molar-refractivity contribution in [2.45, 2.75) is 29.8 Å². The molecule has 0 atom stereocenters. The van der Waals surface area contributed by atoms with E-state index in [1.54, 1.807) is 17.8 Å². The van der Waals surface area contributed by atoms with Gasteiger partial charge in [-0.15, -0.1) is 11.8 Å². The highest BCUT2D eigenvalue weighted by atomic mass is 32.2. The first-order chi connectivity index (χ1) is 14.4. The molecule has 0 aromatic heterocycles. The molecule has 1 fully saturated rings. The molecule has 2 aliphatic heterocycles. The van der Waals surface area contributed by atoms with Crippen LogP contribution in [0, 0.1) is 0 Å². The van der Waals surface area contributed by atoms with Crippen molar-refractivity contribution in [1.82, 2.24) is 9.80 Å². The summed E-state index contributed by atoms with van der Waals surface area (Å²) in [4.78, 5) is 7.86. The molecule has 2 aliphatic rings. The number of hydrogen-bond donors (Lipinski definition) is 0. The molecular formula is C23H28F3N3S. The Bertz CT molecular complexity index is 863. The number of benzene rings is 2. The highest BCUT2D eigenvalue weighted by Gasteiger charge is 2.32. The second kappa shape index (κ2) is 9.20. The highest BCUT2D eigenvalue weighted by molar-refractivity contribution is 7.98. The second-order valence-corrected chi connectivity index (χ2v) is 9.17. The van der Waals surface area contributed by atoms with Crippen LogP contribution in [-0.4, -0.2) is 56.1 Å². The van der Waals surface area contributed by atoms with Crippen LogP contribution in [0.1, 0.15) is 23.1 Å². The van der Waals surface area contributed by atoms with E-state index in [4.69, 9.17) is 0 Å². The average molecular weight is 436 g/mol. The number of nitrogens with zero attached hydrogens (tertiary/aromatic N) is 3. The van der Waals surface area contributed by atoms with Crippen LogP contribution in [0.4, 0.5) is 18.9 Å². The largest absolute Gasteiger partial charge is 0.416 e. The normalized spacial score (nSPS) is 18.5. The van der Waals surface area contributed by atoms with Crippen LogP contribution in [0.3, 0.4) is 0 Å². The summed E-state index contributed by atoms with van der Waals surface area (Å²) in [5.41, 5.74) is 2.60. The first-order valence-electron chi connectivity index (χ1n) is 10.5. The first kappa shape index (κ1) is 21.5. The van der Waals surface area contributed by atoms with E-state index in [1.165, 1.54) is 23.3 Å². The summed E-state index contributed by atoms with van der Waals surface area (Å²) in [6.45, 7) is 6.64. The molecule has 0 spiro atoms. The van der Waals surface area contributed by atoms with Crippen LogP contribution in [0.25, 0.3) is 0 Å². The van der Waals surface area contributed by atoms with Gasteiger partial charge in [-0.25, -0.2) is 0 Å². The third-order valence-electron chi connectivity index (χ3n) is 5.99. The summed E-state index contributed by atoms with van der Waals surface area (Å²) < 4.78 is 40.2. The zero-order valence-electron chi connectivity index (χ0n) is 17.3. The number of thioether (sulfide) groups is 1. The van der Waals surface area contributed by atoms with Gasteiger partial charge < -0.3 is 14.7 Å². The topological polar surface area (TPSA) is 9.72 Å². The number of likely N-dealkylation sites (N-methyl/N-ethyl adjacent to an activating group) is 1. The van der Waals surface area contributed by atoms with Gasteiger partial charge in [0, 0.05) is 49.9 Å². The van der Waals surface area contributed by atoms with Gasteiger partial charge in [0.15, 0.2) is 0 Å². The van der Waals surface area contributed by atoms with Gasteiger partial charge in [-0.05, 0) is 49.3 Å². The Kier molecular flexibility index (Phi) is 6.60.